The van der Waals surface area contributed by atoms with Crippen molar-refractivity contribution >= 4 is 15.9 Å². The molecule has 0 aromatic heterocycles. The fourth-order valence-corrected chi connectivity index (χ4v) is 3.76. The van der Waals surface area contributed by atoms with Gasteiger partial charge in [-0.25, -0.2) is 17.5 Å². The molecule has 30 heavy (non-hydrogen) atoms. The van der Waals surface area contributed by atoms with E-state index in [4.69, 9.17) is 9.47 Å². The van der Waals surface area contributed by atoms with Crippen molar-refractivity contribution in [3.63, 3.8) is 0 Å². The highest BCUT2D eigenvalue weighted by Gasteiger charge is 2.16. The molecule has 164 valence electrons. The number of carbonyl (C=O) groups is 1. The summed E-state index contributed by atoms with van der Waals surface area (Å²) in [6.45, 7) is 6.51. The van der Waals surface area contributed by atoms with Crippen molar-refractivity contribution in [1.82, 2.24) is 10.0 Å². The van der Waals surface area contributed by atoms with Crippen LogP contribution in [-0.4, -0.2) is 34.1 Å². The lowest BCUT2D eigenvalue weighted by Crippen LogP contribution is -2.32. The molecule has 1 atom stereocenters. The quantitative estimate of drug-likeness (QED) is 0.562. The van der Waals surface area contributed by atoms with Crippen LogP contribution in [0.3, 0.4) is 0 Å². The molecule has 0 aliphatic rings. The maximum absolute atomic E-state index is 12.9. The van der Waals surface area contributed by atoms with Gasteiger partial charge in [-0.3, -0.25) is 4.79 Å². The second-order valence-electron chi connectivity index (χ2n) is 6.46. The smallest absolute Gasteiger partial charge is 0.240 e. The highest BCUT2D eigenvalue weighted by atomic mass is 32.2. The van der Waals surface area contributed by atoms with Gasteiger partial charge in [0.25, 0.3) is 0 Å². The number of rotatable bonds is 11. The van der Waals surface area contributed by atoms with Gasteiger partial charge in [-0.1, -0.05) is 6.07 Å². The Morgan fingerprint density at radius 3 is 2.30 bits per heavy atom. The SMILES string of the molecule is CCOc1ccc(C(C)NC(=O)CCNS(=O)(=O)c2ccc(F)cc2)cc1OCC. The highest BCUT2D eigenvalue weighted by Crippen LogP contribution is 2.30. The summed E-state index contributed by atoms with van der Waals surface area (Å²) in [4.78, 5) is 12.2. The molecule has 0 aliphatic heterocycles. The second-order valence-corrected chi connectivity index (χ2v) is 8.23. The minimum Gasteiger partial charge on any atom is -0.490 e. The fraction of sp³-hybridized carbons (Fsp3) is 0.381. The summed E-state index contributed by atoms with van der Waals surface area (Å²) in [6.07, 6.45) is -0.0416. The van der Waals surface area contributed by atoms with E-state index in [2.05, 4.69) is 10.0 Å². The number of hydrogen-bond acceptors (Lipinski definition) is 5. The number of halogens is 1. The zero-order valence-corrected chi connectivity index (χ0v) is 18.1. The third-order valence-electron chi connectivity index (χ3n) is 4.21. The van der Waals surface area contributed by atoms with Gasteiger partial charge < -0.3 is 14.8 Å². The molecule has 9 heteroatoms. The van der Waals surface area contributed by atoms with E-state index in [1.807, 2.05) is 32.9 Å². The van der Waals surface area contributed by atoms with Gasteiger partial charge in [0.05, 0.1) is 24.2 Å². The standard InChI is InChI=1S/C21H27FN2O5S/c1-4-28-19-11-6-16(14-20(19)29-5-2)15(3)24-21(25)12-13-23-30(26,27)18-9-7-17(22)8-10-18/h6-11,14-15,23H,4-5,12-13H2,1-3H3,(H,24,25). The van der Waals surface area contributed by atoms with Crippen molar-refractivity contribution in [2.75, 3.05) is 19.8 Å². The van der Waals surface area contributed by atoms with E-state index in [1.165, 1.54) is 12.1 Å². The normalized spacial score (nSPS) is 12.3. The molecule has 2 aromatic carbocycles. The summed E-state index contributed by atoms with van der Waals surface area (Å²) in [6, 6.07) is 9.62. The molecule has 0 heterocycles. The lowest BCUT2D eigenvalue weighted by molar-refractivity contribution is -0.121. The summed E-state index contributed by atoms with van der Waals surface area (Å²) in [7, 11) is -3.80. The van der Waals surface area contributed by atoms with Crippen molar-refractivity contribution in [1.29, 1.82) is 0 Å². The zero-order valence-electron chi connectivity index (χ0n) is 17.3. The van der Waals surface area contributed by atoms with Crippen LogP contribution in [0.25, 0.3) is 0 Å². The van der Waals surface area contributed by atoms with Gasteiger partial charge in [-0.2, -0.15) is 0 Å². The van der Waals surface area contributed by atoms with Crippen LogP contribution in [0, 0.1) is 5.82 Å². The average Bonchev–Trinajstić information content (AvgIpc) is 2.69. The Balaban J connectivity index is 1.91. The lowest BCUT2D eigenvalue weighted by Gasteiger charge is -2.17. The van der Waals surface area contributed by atoms with Gasteiger partial charge in [0.2, 0.25) is 15.9 Å². The summed E-state index contributed by atoms with van der Waals surface area (Å²) in [5.74, 6) is 0.405. The van der Waals surface area contributed by atoms with Crippen molar-refractivity contribution in [3.05, 3.63) is 53.8 Å². The van der Waals surface area contributed by atoms with Gasteiger partial charge in [-0.15, -0.1) is 0 Å². The van der Waals surface area contributed by atoms with E-state index < -0.39 is 15.8 Å². The zero-order chi connectivity index (χ0) is 22.1. The number of carbonyl (C=O) groups excluding carboxylic acids is 1. The predicted octanol–water partition coefficient (Wildman–Crippen LogP) is 3.17. The Morgan fingerprint density at radius 2 is 1.67 bits per heavy atom. The number of nitrogens with one attached hydrogen (secondary N) is 2. The molecule has 0 fully saturated rings. The Labute approximate surface area is 176 Å². The lowest BCUT2D eigenvalue weighted by atomic mass is 10.1. The van der Waals surface area contributed by atoms with Crippen molar-refractivity contribution in [2.24, 2.45) is 0 Å². The maximum atomic E-state index is 12.9. The third kappa shape index (κ3) is 6.70. The number of ether oxygens (including phenoxy) is 2. The van der Waals surface area contributed by atoms with Crippen LogP contribution in [0.1, 0.15) is 38.8 Å². The van der Waals surface area contributed by atoms with Crippen LogP contribution in [0.15, 0.2) is 47.4 Å². The molecule has 0 spiro atoms. The first-order valence-electron chi connectivity index (χ1n) is 9.71. The van der Waals surface area contributed by atoms with Crippen LogP contribution < -0.4 is 19.5 Å². The maximum Gasteiger partial charge on any atom is 0.240 e. The Hall–Kier alpha value is -2.65. The largest absolute Gasteiger partial charge is 0.490 e. The summed E-state index contributed by atoms with van der Waals surface area (Å²) in [5.41, 5.74) is 0.835. The topological polar surface area (TPSA) is 93.7 Å². The van der Waals surface area contributed by atoms with Crippen molar-refractivity contribution in [3.8, 4) is 11.5 Å². The first kappa shape index (κ1) is 23.6. The van der Waals surface area contributed by atoms with Crippen LogP contribution >= 0.6 is 0 Å². The van der Waals surface area contributed by atoms with E-state index >= 15 is 0 Å². The third-order valence-corrected chi connectivity index (χ3v) is 5.69. The molecule has 1 amide bonds. The van der Waals surface area contributed by atoms with E-state index in [1.54, 1.807) is 6.07 Å². The Kier molecular flexibility index (Phi) is 8.61. The minimum absolute atomic E-state index is 0.0416. The van der Waals surface area contributed by atoms with Gasteiger partial charge in [0.15, 0.2) is 11.5 Å². The molecule has 2 aromatic rings. The van der Waals surface area contributed by atoms with E-state index in [9.17, 15) is 17.6 Å². The summed E-state index contributed by atoms with van der Waals surface area (Å²) < 4.78 is 50.7. The monoisotopic (exact) mass is 438 g/mol. The van der Waals surface area contributed by atoms with Gasteiger partial charge >= 0.3 is 0 Å². The Bertz CT molecular complexity index is 948. The van der Waals surface area contributed by atoms with Crippen molar-refractivity contribution < 1.29 is 27.1 Å². The molecule has 0 saturated heterocycles. The van der Waals surface area contributed by atoms with Gasteiger partial charge in [0.1, 0.15) is 5.82 Å². The average molecular weight is 439 g/mol. The number of amides is 1. The molecule has 1 unspecified atom stereocenters. The van der Waals surface area contributed by atoms with E-state index in [0.717, 1.165) is 17.7 Å². The molecular formula is C21H27FN2O5S. The summed E-state index contributed by atoms with van der Waals surface area (Å²) in [5, 5.41) is 2.83. The first-order chi connectivity index (χ1) is 14.3. The van der Waals surface area contributed by atoms with Crippen LogP contribution in [0.5, 0.6) is 11.5 Å². The van der Waals surface area contributed by atoms with Crippen LogP contribution in [0.2, 0.25) is 0 Å². The van der Waals surface area contributed by atoms with Gasteiger partial charge in [0, 0.05) is 13.0 Å². The molecule has 2 rings (SSSR count). The molecular weight excluding hydrogens is 411 g/mol. The number of sulfonamides is 1. The van der Waals surface area contributed by atoms with Crippen LogP contribution in [0.4, 0.5) is 4.39 Å². The molecule has 0 radical (unpaired) electrons. The van der Waals surface area contributed by atoms with Crippen LogP contribution in [-0.2, 0) is 14.8 Å². The van der Waals surface area contributed by atoms with Gasteiger partial charge in [-0.05, 0) is 62.7 Å². The highest BCUT2D eigenvalue weighted by molar-refractivity contribution is 7.89. The minimum atomic E-state index is -3.80. The van der Waals surface area contributed by atoms with Crippen molar-refractivity contribution in [2.45, 2.75) is 38.1 Å². The first-order valence-corrected chi connectivity index (χ1v) is 11.2. The molecule has 0 bridgehead atoms. The fourth-order valence-electron chi connectivity index (χ4n) is 2.73. The molecule has 2 N–H and O–H groups in total. The molecule has 0 saturated carbocycles. The molecule has 7 nitrogen and oxygen atoms in total. The van der Waals surface area contributed by atoms with E-state index in [-0.39, 0.29) is 29.8 Å². The Morgan fingerprint density at radius 1 is 1.03 bits per heavy atom. The number of hydrogen-bond donors (Lipinski definition) is 2. The predicted molar refractivity (Wildman–Crippen MR) is 112 cm³/mol. The second kappa shape index (κ2) is 10.9. The summed E-state index contributed by atoms with van der Waals surface area (Å²) >= 11 is 0. The number of benzene rings is 2. The van der Waals surface area contributed by atoms with E-state index in [0.29, 0.717) is 24.7 Å². The molecule has 0 aliphatic carbocycles.